The number of hydrogen-bond acceptors (Lipinski definition) is 6. The van der Waals surface area contributed by atoms with Gasteiger partial charge in [-0.1, -0.05) is 11.6 Å². The van der Waals surface area contributed by atoms with Crippen LogP contribution in [0.5, 0.6) is 5.75 Å². The summed E-state index contributed by atoms with van der Waals surface area (Å²) < 4.78 is 5.55. The number of nitrogens with two attached hydrogens (primary N) is 1. The first-order chi connectivity index (χ1) is 11.4. The Labute approximate surface area is 145 Å². The first-order valence-corrected chi connectivity index (χ1v) is 7.90. The number of halogens is 1. The summed E-state index contributed by atoms with van der Waals surface area (Å²) in [6, 6.07) is 6.92. The molecule has 0 unspecified atom stereocenters. The molecule has 126 valence electrons. The third kappa shape index (κ3) is 5.52. The van der Waals surface area contributed by atoms with Crippen molar-refractivity contribution in [2.45, 2.75) is 13.0 Å². The Bertz CT molecular complexity index is 747. The molecule has 0 spiro atoms. The second kappa shape index (κ2) is 8.27. The van der Waals surface area contributed by atoms with Gasteiger partial charge >= 0.3 is 11.8 Å². The van der Waals surface area contributed by atoms with Gasteiger partial charge in [-0.3, -0.25) is 25.2 Å². The first kappa shape index (κ1) is 17.7. The summed E-state index contributed by atoms with van der Waals surface area (Å²) in [5.41, 5.74) is 9.20. The number of aromatic nitrogens is 1. The SMILES string of the molecule is NC(=O)C(=O)NNC(=O)Cc1csc(COc2ccc(Cl)cc2)n1. The molecular formula is C14H13ClN4O4S. The minimum Gasteiger partial charge on any atom is -0.486 e. The summed E-state index contributed by atoms with van der Waals surface area (Å²) in [6.45, 7) is 0.256. The van der Waals surface area contributed by atoms with Crippen LogP contribution in [0.25, 0.3) is 0 Å². The summed E-state index contributed by atoms with van der Waals surface area (Å²) in [4.78, 5) is 37.3. The highest BCUT2D eigenvalue weighted by Gasteiger charge is 2.12. The molecule has 8 nitrogen and oxygen atoms in total. The molecule has 0 aliphatic carbocycles. The molecule has 1 aromatic carbocycles. The van der Waals surface area contributed by atoms with Gasteiger partial charge in [0.05, 0.1) is 12.1 Å². The molecule has 0 bridgehead atoms. The molecule has 0 aliphatic heterocycles. The van der Waals surface area contributed by atoms with E-state index in [0.29, 0.717) is 21.5 Å². The number of ether oxygens (including phenoxy) is 1. The number of hydrazine groups is 1. The van der Waals surface area contributed by atoms with E-state index in [1.165, 1.54) is 11.3 Å². The fourth-order valence-electron chi connectivity index (χ4n) is 1.57. The molecule has 2 rings (SSSR count). The van der Waals surface area contributed by atoms with Crippen molar-refractivity contribution in [3.8, 4) is 5.75 Å². The third-order valence-corrected chi connectivity index (χ3v) is 3.78. The summed E-state index contributed by atoms with van der Waals surface area (Å²) >= 11 is 7.13. The zero-order valence-corrected chi connectivity index (χ0v) is 13.8. The lowest BCUT2D eigenvalue weighted by Gasteiger charge is -2.04. The number of primary amides is 1. The Hall–Kier alpha value is -2.65. The van der Waals surface area contributed by atoms with Crippen molar-refractivity contribution in [1.82, 2.24) is 15.8 Å². The minimum atomic E-state index is -1.19. The summed E-state index contributed by atoms with van der Waals surface area (Å²) in [5, 5.41) is 3.01. The number of nitrogens with zero attached hydrogens (tertiary/aromatic N) is 1. The Morgan fingerprint density at radius 2 is 1.92 bits per heavy atom. The van der Waals surface area contributed by atoms with Gasteiger partial charge in [0.15, 0.2) is 0 Å². The minimum absolute atomic E-state index is 0.0590. The number of carbonyl (C=O) groups excluding carboxylic acids is 3. The van der Waals surface area contributed by atoms with E-state index in [0.717, 1.165) is 0 Å². The van der Waals surface area contributed by atoms with E-state index < -0.39 is 17.7 Å². The van der Waals surface area contributed by atoms with E-state index >= 15 is 0 Å². The van der Waals surface area contributed by atoms with Gasteiger partial charge in [0, 0.05) is 10.4 Å². The Kier molecular flexibility index (Phi) is 6.10. The van der Waals surface area contributed by atoms with Crippen LogP contribution < -0.4 is 21.3 Å². The highest BCUT2D eigenvalue weighted by Crippen LogP contribution is 2.18. The summed E-state index contributed by atoms with van der Waals surface area (Å²) in [6.07, 6.45) is -0.0590. The lowest BCUT2D eigenvalue weighted by molar-refractivity contribution is -0.139. The van der Waals surface area contributed by atoms with Crippen molar-refractivity contribution in [2.24, 2.45) is 5.73 Å². The third-order valence-electron chi connectivity index (χ3n) is 2.66. The smallest absolute Gasteiger partial charge is 0.327 e. The molecule has 1 aromatic heterocycles. The molecule has 0 atom stereocenters. The fourth-order valence-corrected chi connectivity index (χ4v) is 2.40. The molecule has 0 saturated carbocycles. The maximum absolute atomic E-state index is 11.6. The fraction of sp³-hybridized carbons (Fsp3) is 0.143. The van der Waals surface area contributed by atoms with Gasteiger partial charge in [-0.25, -0.2) is 4.98 Å². The molecular weight excluding hydrogens is 356 g/mol. The molecule has 0 saturated heterocycles. The first-order valence-electron chi connectivity index (χ1n) is 6.64. The molecule has 2 aromatic rings. The molecule has 1 heterocycles. The van der Waals surface area contributed by atoms with Crippen molar-refractivity contribution in [3.63, 3.8) is 0 Å². The van der Waals surface area contributed by atoms with Crippen LogP contribution in [0.1, 0.15) is 10.7 Å². The molecule has 10 heteroatoms. The van der Waals surface area contributed by atoms with Gasteiger partial charge in [0.25, 0.3) is 0 Å². The van der Waals surface area contributed by atoms with Gasteiger partial charge in [-0.2, -0.15) is 0 Å². The predicted molar refractivity (Wildman–Crippen MR) is 87.1 cm³/mol. The van der Waals surface area contributed by atoms with E-state index in [1.807, 2.05) is 5.43 Å². The summed E-state index contributed by atoms with van der Waals surface area (Å²) in [5.74, 6) is -2.16. The Morgan fingerprint density at radius 3 is 2.58 bits per heavy atom. The molecule has 4 N–H and O–H groups in total. The van der Waals surface area contributed by atoms with Crippen LogP contribution in [0.4, 0.5) is 0 Å². The van der Waals surface area contributed by atoms with Crippen LogP contribution in [0.2, 0.25) is 5.02 Å². The van der Waals surface area contributed by atoms with Gasteiger partial charge < -0.3 is 10.5 Å². The zero-order valence-electron chi connectivity index (χ0n) is 12.2. The van der Waals surface area contributed by atoms with E-state index in [1.54, 1.807) is 29.6 Å². The molecule has 3 amide bonds. The number of hydrogen-bond donors (Lipinski definition) is 3. The van der Waals surface area contributed by atoms with E-state index in [4.69, 9.17) is 22.1 Å². The summed E-state index contributed by atoms with van der Waals surface area (Å²) in [7, 11) is 0. The van der Waals surface area contributed by atoms with Crippen LogP contribution in [-0.2, 0) is 27.4 Å². The Morgan fingerprint density at radius 1 is 1.21 bits per heavy atom. The average molecular weight is 369 g/mol. The van der Waals surface area contributed by atoms with Crippen LogP contribution in [-0.4, -0.2) is 22.7 Å². The van der Waals surface area contributed by atoms with Crippen molar-refractivity contribution >= 4 is 40.7 Å². The number of benzene rings is 1. The van der Waals surface area contributed by atoms with Gasteiger partial charge in [0.2, 0.25) is 5.91 Å². The number of carbonyl (C=O) groups is 3. The maximum atomic E-state index is 11.6. The zero-order chi connectivity index (χ0) is 17.5. The van der Waals surface area contributed by atoms with Crippen molar-refractivity contribution < 1.29 is 19.1 Å². The van der Waals surface area contributed by atoms with Gasteiger partial charge in [-0.15, -0.1) is 11.3 Å². The molecule has 0 aliphatic rings. The second-order valence-electron chi connectivity index (χ2n) is 4.52. The topological polar surface area (TPSA) is 123 Å². The average Bonchev–Trinajstić information content (AvgIpc) is 2.99. The van der Waals surface area contributed by atoms with Crippen molar-refractivity contribution in [2.75, 3.05) is 0 Å². The lowest BCUT2D eigenvalue weighted by atomic mass is 10.3. The second-order valence-corrected chi connectivity index (χ2v) is 5.90. The molecule has 24 heavy (non-hydrogen) atoms. The largest absolute Gasteiger partial charge is 0.486 e. The van der Waals surface area contributed by atoms with Gasteiger partial charge in [0.1, 0.15) is 17.4 Å². The monoisotopic (exact) mass is 368 g/mol. The molecule has 0 fully saturated rings. The van der Waals surface area contributed by atoms with E-state index in [9.17, 15) is 14.4 Å². The van der Waals surface area contributed by atoms with E-state index in [2.05, 4.69) is 10.4 Å². The van der Waals surface area contributed by atoms with E-state index in [-0.39, 0.29) is 13.0 Å². The van der Waals surface area contributed by atoms with Crippen molar-refractivity contribution in [1.29, 1.82) is 0 Å². The maximum Gasteiger partial charge on any atom is 0.327 e. The number of rotatable bonds is 5. The van der Waals surface area contributed by atoms with Gasteiger partial charge in [-0.05, 0) is 24.3 Å². The quantitative estimate of drug-likeness (QED) is 0.525. The van der Waals surface area contributed by atoms with Crippen LogP contribution >= 0.6 is 22.9 Å². The lowest BCUT2D eigenvalue weighted by Crippen LogP contribution is -2.47. The predicted octanol–water partition coefficient (Wildman–Crippen LogP) is 0.551. The standard InChI is InChI=1S/C14H13ClN4O4S/c15-8-1-3-10(4-2-8)23-6-12-17-9(7-24-12)5-11(20)18-19-14(22)13(16)21/h1-4,7H,5-6H2,(H2,16,21)(H,18,20)(H,19,22). The highest BCUT2D eigenvalue weighted by atomic mass is 35.5. The highest BCUT2D eigenvalue weighted by molar-refractivity contribution is 7.09. The molecule has 0 radical (unpaired) electrons. The number of thiazole rings is 1. The van der Waals surface area contributed by atoms with Crippen molar-refractivity contribution in [3.05, 3.63) is 45.4 Å². The van der Waals surface area contributed by atoms with Crippen LogP contribution in [0, 0.1) is 0 Å². The normalized spacial score (nSPS) is 10.0. The number of nitrogens with one attached hydrogen (secondary N) is 2. The Balaban J connectivity index is 1.80. The number of amides is 3. The van der Waals surface area contributed by atoms with Crippen LogP contribution in [0.15, 0.2) is 29.6 Å². The van der Waals surface area contributed by atoms with Crippen LogP contribution in [0.3, 0.4) is 0 Å².